The number of hydrogen-bond acceptors (Lipinski definition) is 4. The first-order chi connectivity index (χ1) is 12.1. The Morgan fingerprint density at radius 3 is 2.88 bits per heavy atom. The zero-order chi connectivity index (χ0) is 18.1. The molecule has 0 heterocycles. The molecule has 0 aliphatic rings. The van der Waals surface area contributed by atoms with Gasteiger partial charge in [-0.3, -0.25) is 5.43 Å². The molecule has 5 nitrogen and oxygen atoms in total. The van der Waals surface area contributed by atoms with Crippen LogP contribution in [0.1, 0.15) is 23.6 Å². The highest BCUT2D eigenvalue weighted by molar-refractivity contribution is 14.1. The first-order valence-electron chi connectivity index (χ1n) is 7.61. The Morgan fingerprint density at radius 1 is 1.36 bits per heavy atom. The largest absolute Gasteiger partial charge is 0.488 e. The van der Waals surface area contributed by atoms with Gasteiger partial charge in [0, 0.05) is 12.1 Å². The molecule has 0 aliphatic carbocycles. The SMILES string of the molecule is CCNC(=S)N/N=C/c1ccc(OCc2ccccc2C#N)c(I)c1. The third-order valence-electron chi connectivity index (χ3n) is 3.19. The van der Waals surface area contributed by atoms with E-state index in [-0.39, 0.29) is 0 Å². The fourth-order valence-corrected chi connectivity index (χ4v) is 2.88. The van der Waals surface area contributed by atoms with Crippen LogP contribution in [0.2, 0.25) is 0 Å². The molecule has 0 spiro atoms. The van der Waals surface area contributed by atoms with Crippen molar-refractivity contribution in [1.29, 1.82) is 5.26 Å². The van der Waals surface area contributed by atoms with E-state index >= 15 is 0 Å². The number of benzene rings is 2. The van der Waals surface area contributed by atoms with Crippen molar-refractivity contribution in [2.45, 2.75) is 13.5 Å². The lowest BCUT2D eigenvalue weighted by Gasteiger charge is -2.10. The number of nitrogens with one attached hydrogen (secondary N) is 2. The Labute approximate surface area is 166 Å². The van der Waals surface area contributed by atoms with Crippen LogP contribution in [0.15, 0.2) is 47.6 Å². The van der Waals surface area contributed by atoms with Crippen LogP contribution in [0.5, 0.6) is 5.75 Å². The maximum absolute atomic E-state index is 9.12. The molecule has 25 heavy (non-hydrogen) atoms. The van der Waals surface area contributed by atoms with Crippen molar-refractivity contribution >= 4 is 46.1 Å². The molecule has 0 fully saturated rings. The van der Waals surface area contributed by atoms with Crippen LogP contribution in [-0.4, -0.2) is 17.9 Å². The number of hydrogen-bond donors (Lipinski definition) is 2. The monoisotopic (exact) mass is 464 g/mol. The number of thiocarbonyl (C=S) groups is 1. The van der Waals surface area contributed by atoms with Crippen molar-refractivity contribution in [2.24, 2.45) is 5.10 Å². The van der Waals surface area contributed by atoms with Gasteiger partial charge in [0.15, 0.2) is 5.11 Å². The highest BCUT2D eigenvalue weighted by Crippen LogP contribution is 2.23. The summed E-state index contributed by atoms with van der Waals surface area (Å²) in [5, 5.41) is 16.7. The fraction of sp³-hybridized carbons (Fsp3) is 0.167. The van der Waals surface area contributed by atoms with Crippen LogP contribution in [0.4, 0.5) is 0 Å². The predicted octanol–water partition coefficient (Wildman–Crippen LogP) is 3.56. The number of hydrazone groups is 1. The number of halogens is 1. The third-order valence-corrected chi connectivity index (χ3v) is 4.27. The molecule has 0 saturated carbocycles. The number of nitrogens with zero attached hydrogens (tertiary/aromatic N) is 2. The van der Waals surface area contributed by atoms with Gasteiger partial charge in [0.25, 0.3) is 0 Å². The van der Waals surface area contributed by atoms with E-state index in [1.54, 1.807) is 12.3 Å². The van der Waals surface area contributed by atoms with Crippen LogP contribution >= 0.6 is 34.8 Å². The van der Waals surface area contributed by atoms with E-state index in [2.05, 4.69) is 44.5 Å². The topological polar surface area (TPSA) is 69.4 Å². The van der Waals surface area contributed by atoms with Gasteiger partial charge >= 0.3 is 0 Å². The predicted molar refractivity (Wildman–Crippen MR) is 112 cm³/mol. The molecule has 0 atom stereocenters. The summed E-state index contributed by atoms with van der Waals surface area (Å²) >= 11 is 7.25. The van der Waals surface area contributed by atoms with E-state index in [1.807, 2.05) is 43.3 Å². The van der Waals surface area contributed by atoms with Crippen LogP contribution in [-0.2, 0) is 6.61 Å². The lowest BCUT2D eigenvalue weighted by atomic mass is 10.1. The minimum atomic E-state index is 0.353. The molecule has 0 unspecified atom stereocenters. The van der Waals surface area contributed by atoms with Crippen molar-refractivity contribution in [3.8, 4) is 11.8 Å². The van der Waals surface area contributed by atoms with Crippen molar-refractivity contribution in [1.82, 2.24) is 10.7 Å². The molecule has 2 N–H and O–H groups in total. The molecule has 0 saturated heterocycles. The van der Waals surface area contributed by atoms with Gasteiger partial charge in [-0.1, -0.05) is 18.2 Å². The van der Waals surface area contributed by atoms with Crippen LogP contribution < -0.4 is 15.5 Å². The van der Waals surface area contributed by atoms with Crippen molar-refractivity contribution in [3.05, 3.63) is 62.7 Å². The first kappa shape index (κ1) is 19.1. The van der Waals surface area contributed by atoms with Gasteiger partial charge in [-0.2, -0.15) is 10.4 Å². The van der Waals surface area contributed by atoms with Crippen LogP contribution in [0.25, 0.3) is 0 Å². The standard InChI is InChI=1S/C18H17IN4OS/c1-2-21-18(25)23-22-11-13-7-8-17(16(19)9-13)24-12-15-6-4-3-5-14(15)10-20/h3-9,11H,2,12H2,1H3,(H2,21,23,25)/b22-11+. The second-order valence-corrected chi connectivity index (χ2v) is 6.55. The lowest BCUT2D eigenvalue weighted by molar-refractivity contribution is 0.303. The summed E-state index contributed by atoms with van der Waals surface area (Å²) in [4.78, 5) is 0. The molecule has 7 heteroatoms. The molecule has 0 bridgehead atoms. The summed E-state index contributed by atoms with van der Waals surface area (Å²) in [5.41, 5.74) is 5.18. The summed E-state index contributed by atoms with van der Waals surface area (Å²) in [6, 6.07) is 15.4. The maximum atomic E-state index is 9.12. The molecule has 0 aromatic heterocycles. The van der Waals surface area contributed by atoms with E-state index in [9.17, 15) is 0 Å². The Hall–Kier alpha value is -2.18. The van der Waals surface area contributed by atoms with E-state index in [0.29, 0.717) is 17.3 Å². The highest BCUT2D eigenvalue weighted by atomic mass is 127. The Morgan fingerprint density at radius 2 is 2.16 bits per heavy atom. The molecule has 128 valence electrons. The van der Waals surface area contributed by atoms with E-state index in [4.69, 9.17) is 22.2 Å². The minimum Gasteiger partial charge on any atom is -0.488 e. The van der Waals surface area contributed by atoms with E-state index < -0.39 is 0 Å². The van der Waals surface area contributed by atoms with Crippen LogP contribution in [0.3, 0.4) is 0 Å². The quantitative estimate of drug-likeness (QED) is 0.296. The molecule has 0 amide bonds. The normalized spacial score (nSPS) is 10.3. The molecule has 0 aliphatic heterocycles. The van der Waals surface area contributed by atoms with Crippen molar-refractivity contribution in [3.63, 3.8) is 0 Å². The van der Waals surface area contributed by atoms with Gasteiger partial charge in [-0.05, 0) is 71.6 Å². The first-order valence-corrected chi connectivity index (χ1v) is 9.10. The second-order valence-electron chi connectivity index (χ2n) is 4.98. The zero-order valence-electron chi connectivity index (χ0n) is 13.6. The molecule has 2 aromatic carbocycles. The summed E-state index contributed by atoms with van der Waals surface area (Å²) in [6.07, 6.45) is 1.70. The Bertz CT molecular complexity index is 817. The van der Waals surface area contributed by atoms with Crippen molar-refractivity contribution < 1.29 is 4.74 Å². The lowest BCUT2D eigenvalue weighted by Crippen LogP contribution is -2.31. The second kappa shape index (κ2) is 9.96. The molecule has 0 radical (unpaired) electrons. The van der Waals surface area contributed by atoms with Gasteiger partial charge in [0.2, 0.25) is 0 Å². The summed E-state index contributed by atoms with van der Waals surface area (Å²) in [6.45, 7) is 3.07. The van der Waals surface area contributed by atoms with Gasteiger partial charge in [0.05, 0.1) is 21.4 Å². The maximum Gasteiger partial charge on any atom is 0.186 e. The molecular formula is C18H17IN4OS. The summed E-state index contributed by atoms with van der Waals surface area (Å²) < 4.78 is 6.81. The highest BCUT2D eigenvalue weighted by Gasteiger charge is 2.05. The summed E-state index contributed by atoms with van der Waals surface area (Å²) in [5.74, 6) is 0.765. The van der Waals surface area contributed by atoms with Gasteiger partial charge in [-0.15, -0.1) is 0 Å². The number of ether oxygens (including phenoxy) is 1. The van der Waals surface area contributed by atoms with Crippen molar-refractivity contribution in [2.75, 3.05) is 6.54 Å². The average molecular weight is 464 g/mol. The van der Waals surface area contributed by atoms with E-state index in [0.717, 1.165) is 27.0 Å². The molecule has 2 aromatic rings. The third kappa shape index (κ3) is 5.99. The van der Waals surface area contributed by atoms with Gasteiger partial charge < -0.3 is 10.1 Å². The number of rotatable bonds is 6. The molecule has 2 rings (SSSR count). The number of nitriles is 1. The zero-order valence-corrected chi connectivity index (χ0v) is 16.6. The van der Waals surface area contributed by atoms with Crippen LogP contribution in [0, 0.1) is 14.9 Å². The Balaban J connectivity index is 1.99. The van der Waals surface area contributed by atoms with Gasteiger partial charge in [0.1, 0.15) is 12.4 Å². The fourth-order valence-electron chi connectivity index (χ4n) is 1.99. The summed E-state index contributed by atoms with van der Waals surface area (Å²) in [7, 11) is 0. The van der Waals surface area contributed by atoms with E-state index in [1.165, 1.54) is 0 Å². The minimum absolute atomic E-state index is 0.353. The average Bonchev–Trinajstić information content (AvgIpc) is 2.61. The van der Waals surface area contributed by atoms with Gasteiger partial charge in [-0.25, -0.2) is 0 Å². The Kier molecular flexibility index (Phi) is 7.63. The molecular weight excluding hydrogens is 447 g/mol. The smallest absolute Gasteiger partial charge is 0.186 e.